The maximum absolute atomic E-state index is 6.39. The summed E-state index contributed by atoms with van der Waals surface area (Å²) >= 11 is 0. The summed E-state index contributed by atoms with van der Waals surface area (Å²) in [7, 11) is 0. The van der Waals surface area contributed by atoms with Crippen LogP contribution in [0.2, 0.25) is 0 Å². The van der Waals surface area contributed by atoms with E-state index in [1.54, 1.807) is 0 Å². The first kappa shape index (κ1) is 45.6. The van der Waals surface area contributed by atoms with Crippen molar-refractivity contribution >= 4 is 33.0 Å². The van der Waals surface area contributed by atoms with Crippen LogP contribution >= 0.6 is 0 Å². The molecule has 0 unspecified atom stereocenters. The fourth-order valence-corrected chi connectivity index (χ4v) is 9.21. The summed E-state index contributed by atoms with van der Waals surface area (Å²) in [5.41, 5.74) is 8.23. The van der Waals surface area contributed by atoms with Crippen LogP contribution in [0.25, 0.3) is 55.9 Å². The Morgan fingerprint density at radius 2 is 0.667 bits per heavy atom. The highest BCUT2D eigenvalue weighted by molar-refractivity contribution is 6.03. The highest BCUT2D eigenvalue weighted by atomic mass is 16.4. The number of hydrogen-bond acceptors (Lipinski definition) is 4. The van der Waals surface area contributed by atoms with Gasteiger partial charge in [0.1, 0.15) is 11.0 Å². The van der Waals surface area contributed by atoms with Gasteiger partial charge in [-0.25, -0.2) is 9.97 Å². The number of hydrogen-bond donors (Lipinski definition) is 0. The fourth-order valence-electron chi connectivity index (χ4n) is 9.21. The van der Waals surface area contributed by atoms with Crippen LogP contribution in [0.4, 0.5) is 0 Å². The second-order valence-corrected chi connectivity index (χ2v) is 18.0. The van der Waals surface area contributed by atoms with Gasteiger partial charge in [-0.1, -0.05) is 217 Å². The third-order valence-corrected chi connectivity index (χ3v) is 12.9. The minimum atomic E-state index is 0.659. The van der Waals surface area contributed by atoms with Crippen molar-refractivity contribution < 1.29 is 8.83 Å². The Hall–Kier alpha value is -3.92. The van der Waals surface area contributed by atoms with Crippen LogP contribution in [0.5, 0.6) is 0 Å². The van der Waals surface area contributed by atoms with Gasteiger partial charge in [0.05, 0.1) is 0 Å². The highest BCUT2D eigenvalue weighted by Crippen LogP contribution is 2.37. The normalized spacial score (nSPS) is 11.8. The highest BCUT2D eigenvalue weighted by Gasteiger charge is 2.18. The van der Waals surface area contributed by atoms with Crippen molar-refractivity contribution in [3.05, 3.63) is 83.9 Å². The van der Waals surface area contributed by atoms with Crippen molar-refractivity contribution in [2.45, 2.75) is 206 Å². The number of aromatic nitrogens is 2. The second kappa shape index (κ2) is 26.4. The quantitative estimate of drug-likeness (QED) is 0.0398. The molecule has 2 aromatic heterocycles. The molecule has 0 saturated heterocycles. The van der Waals surface area contributed by atoms with Crippen LogP contribution < -0.4 is 0 Å². The molecule has 4 aromatic carbocycles. The lowest BCUT2D eigenvalue weighted by molar-refractivity contribution is 0.535. The summed E-state index contributed by atoms with van der Waals surface area (Å²) in [6.45, 7) is 4.59. The van der Waals surface area contributed by atoms with Crippen molar-refractivity contribution in [3.63, 3.8) is 0 Å². The Balaban J connectivity index is 0.945. The number of benzene rings is 4. The Morgan fingerprint density at radius 1 is 0.350 bits per heavy atom. The van der Waals surface area contributed by atoms with Crippen LogP contribution in [0.3, 0.4) is 0 Å². The first-order chi connectivity index (χ1) is 29.7. The van der Waals surface area contributed by atoms with E-state index in [2.05, 4.69) is 86.6 Å². The molecular weight excluding hydrogens is 733 g/mol. The lowest BCUT2D eigenvalue weighted by atomic mass is 9.99. The molecule has 4 heteroatoms. The largest absolute Gasteiger partial charge is 0.436 e. The Bertz CT molecular complexity index is 1940. The van der Waals surface area contributed by atoms with E-state index in [1.165, 1.54) is 191 Å². The molecule has 0 N–H and O–H groups in total. The molecule has 0 aliphatic carbocycles. The SMILES string of the molecule is CCCCCCCCCCCCCCCCc1ccc2oc(-c3ccc(-c4nc5cc(CCCCCCCCCCCCCCCC)ccc5o4)c4ccccc34)nc2c1. The monoisotopic (exact) mass is 811 g/mol. The summed E-state index contributed by atoms with van der Waals surface area (Å²) in [6, 6.07) is 25.8. The van der Waals surface area contributed by atoms with Crippen molar-refractivity contribution in [1.29, 1.82) is 0 Å². The van der Waals surface area contributed by atoms with Crippen LogP contribution in [-0.4, -0.2) is 9.97 Å². The number of aryl methyl sites for hydroxylation is 2. The first-order valence-corrected chi connectivity index (χ1v) is 25.0. The average molecular weight is 811 g/mol. The fraction of sp³-hybridized carbons (Fsp3) is 0.571. The maximum Gasteiger partial charge on any atom is 0.227 e. The van der Waals surface area contributed by atoms with E-state index in [4.69, 9.17) is 18.8 Å². The predicted octanol–water partition coefficient (Wildman–Crippen LogP) is 18.5. The van der Waals surface area contributed by atoms with Gasteiger partial charge in [-0.05, 0) is 84.0 Å². The van der Waals surface area contributed by atoms with E-state index >= 15 is 0 Å². The minimum Gasteiger partial charge on any atom is -0.436 e. The molecule has 0 atom stereocenters. The summed E-state index contributed by atoms with van der Waals surface area (Å²) in [5, 5.41) is 2.18. The van der Waals surface area contributed by atoms with Gasteiger partial charge in [0, 0.05) is 11.1 Å². The molecule has 0 spiro atoms. The van der Waals surface area contributed by atoms with Crippen LogP contribution in [0.1, 0.15) is 205 Å². The molecule has 6 rings (SSSR count). The molecule has 0 fully saturated rings. The van der Waals surface area contributed by atoms with Gasteiger partial charge in [0.2, 0.25) is 11.8 Å². The Kier molecular flexibility index (Phi) is 20.1. The van der Waals surface area contributed by atoms with E-state index in [0.29, 0.717) is 11.8 Å². The zero-order chi connectivity index (χ0) is 41.5. The van der Waals surface area contributed by atoms with Gasteiger partial charge < -0.3 is 8.83 Å². The Morgan fingerprint density at radius 3 is 1.00 bits per heavy atom. The maximum atomic E-state index is 6.39. The first-order valence-electron chi connectivity index (χ1n) is 25.0. The summed E-state index contributed by atoms with van der Waals surface area (Å²) in [6.07, 6.45) is 41.0. The molecule has 0 amide bonds. The van der Waals surface area contributed by atoms with Crippen molar-refractivity contribution in [2.75, 3.05) is 0 Å². The van der Waals surface area contributed by atoms with Gasteiger partial charge in [-0.15, -0.1) is 0 Å². The smallest absolute Gasteiger partial charge is 0.227 e. The third kappa shape index (κ3) is 14.6. The van der Waals surface area contributed by atoms with Crippen LogP contribution in [0, 0.1) is 0 Å². The van der Waals surface area contributed by atoms with Crippen LogP contribution in [-0.2, 0) is 12.8 Å². The lowest BCUT2D eigenvalue weighted by Gasteiger charge is -2.07. The van der Waals surface area contributed by atoms with Crippen LogP contribution in [0.15, 0.2) is 81.6 Å². The van der Waals surface area contributed by atoms with E-state index in [0.717, 1.165) is 56.9 Å². The van der Waals surface area contributed by atoms with Gasteiger partial charge in [-0.2, -0.15) is 0 Å². The summed E-state index contributed by atoms with van der Waals surface area (Å²) < 4.78 is 12.8. The molecular formula is C56H78N2O2. The molecule has 2 heterocycles. The molecule has 4 nitrogen and oxygen atoms in total. The molecule has 0 aliphatic rings. The van der Waals surface area contributed by atoms with Crippen molar-refractivity contribution in [3.8, 4) is 22.9 Å². The second-order valence-electron chi connectivity index (χ2n) is 18.0. The Labute approximate surface area is 363 Å². The minimum absolute atomic E-state index is 0.659. The van der Waals surface area contributed by atoms with Gasteiger partial charge in [0.25, 0.3) is 0 Å². The molecule has 0 radical (unpaired) electrons. The van der Waals surface area contributed by atoms with E-state index in [1.807, 2.05) is 0 Å². The topological polar surface area (TPSA) is 52.1 Å². The summed E-state index contributed by atoms with van der Waals surface area (Å²) in [4.78, 5) is 10.0. The molecule has 60 heavy (non-hydrogen) atoms. The number of oxazole rings is 2. The molecule has 0 saturated carbocycles. The average Bonchev–Trinajstić information content (AvgIpc) is 3.90. The van der Waals surface area contributed by atoms with Gasteiger partial charge >= 0.3 is 0 Å². The van der Waals surface area contributed by atoms with Crippen molar-refractivity contribution in [1.82, 2.24) is 9.97 Å². The van der Waals surface area contributed by atoms with E-state index in [-0.39, 0.29) is 0 Å². The third-order valence-electron chi connectivity index (χ3n) is 12.9. The number of unbranched alkanes of at least 4 members (excludes halogenated alkanes) is 26. The standard InChI is InChI=1S/C56H78N2O2/c1-3-5-7-9-11-13-15-17-19-21-23-25-27-29-33-45-37-41-53-51(43-45)57-55(59-53)49-39-40-50(48-36-32-31-35-47(48)49)56-58-52-44-46(38-42-54(52)60-56)34-30-28-26-24-22-20-18-16-14-12-10-8-6-4-2/h31-32,35-44H,3-30,33-34H2,1-2H3. The molecule has 324 valence electrons. The molecule has 0 bridgehead atoms. The van der Waals surface area contributed by atoms with Crippen molar-refractivity contribution in [2.24, 2.45) is 0 Å². The number of nitrogens with zero attached hydrogens (tertiary/aromatic N) is 2. The number of fused-ring (bicyclic) bond motifs is 3. The molecule has 0 aliphatic heterocycles. The van der Waals surface area contributed by atoms with E-state index in [9.17, 15) is 0 Å². The van der Waals surface area contributed by atoms with Gasteiger partial charge in [0.15, 0.2) is 11.2 Å². The summed E-state index contributed by atoms with van der Waals surface area (Å²) in [5.74, 6) is 1.32. The number of rotatable bonds is 32. The zero-order valence-corrected chi connectivity index (χ0v) is 37.9. The zero-order valence-electron chi connectivity index (χ0n) is 37.9. The molecule has 6 aromatic rings. The lowest BCUT2D eigenvalue weighted by Crippen LogP contribution is -1.87. The predicted molar refractivity (Wildman–Crippen MR) is 258 cm³/mol. The van der Waals surface area contributed by atoms with E-state index < -0.39 is 0 Å². The van der Waals surface area contributed by atoms with Gasteiger partial charge in [-0.3, -0.25) is 0 Å².